The lowest BCUT2D eigenvalue weighted by Gasteiger charge is -2.37. The highest BCUT2D eigenvalue weighted by Crippen LogP contribution is 2.33. The molecule has 0 aromatic heterocycles. The van der Waals surface area contributed by atoms with Crippen molar-refractivity contribution in [1.82, 2.24) is 21.2 Å². The molecule has 29 heavy (non-hydrogen) atoms. The molecule has 2 aromatic carbocycles. The van der Waals surface area contributed by atoms with E-state index in [9.17, 15) is 9.18 Å². The van der Waals surface area contributed by atoms with Crippen molar-refractivity contribution in [2.45, 2.75) is 44.4 Å². The fraction of sp³-hybridized carbons (Fsp3) is 0.409. The number of hydrogen-bond donors (Lipinski definition) is 3. The van der Waals surface area contributed by atoms with Crippen LogP contribution in [0.1, 0.15) is 34.7 Å². The van der Waals surface area contributed by atoms with Crippen LogP contribution in [0.3, 0.4) is 0 Å². The number of hydrazine groups is 2. The minimum atomic E-state index is -0.392. The first kappa shape index (κ1) is 18.7. The Bertz CT molecular complexity index is 944. The summed E-state index contributed by atoms with van der Waals surface area (Å²) in [6.45, 7) is 3.85. The maximum atomic E-state index is 14.5. The first-order valence-electron chi connectivity index (χ1n) is 10.2. The van der Waals surface area contributed by atoms with Crippen LogP contribution < -0.4 is 21.3 Å². The summed E-state index contributed by atoms with van der Waals surface area (Å²) in [5.41, 5.74) is 14.9. The van der Waals surface area contributed by atoms with E-state index in [4.69, 9.17) is 0 Å². The van der Waals surface area contributed by atoms with E-state index in [-0.39, 0.29) is 24.0 Å². The molecule has 0 radical (unpaired) electrons. The zero-order chi connectivity index (χ0) is 20.1. The van der Waals surface area contributed by atoms with Crippen molar-refractivity contribution >= 4 is 11.6 Å². The molecule has 3 aliphatic rings. The fourth-order valence-electron chi connectivity index (χ4n) is 4.75. The van der Waals surface area contributed by atoms with Crippen LogP contribution in [0.15, 0.2) is 36.4 Å². The van der Waals surface area contributed by atoms with Crippen LogP contribution in [0.25, 0.3) is 0 Å². The van der Waals surface area contributed by atoms with Gasteiger partial charge in [-0.3, -0.25) is 10.2 Å². The van der Waals surface area contributed by atoms with Crippen LogP contribution in [-0.2, 0) is 17.8 Å². The third-order valence-corrected chi connectivity index (χ3v) is 6.34. The number of nitrogens with zero attached hydrogens (tertiary/aromatic N) is 2. The molecule has 2 aromatic rings. The van der Waals surface area contributed by atoms with Crippen molar-refractivity contribution in [3.63, 3.8) is 0 Å². The van der Waals surface area contributed by atoms with E-state index in [2.05, 4.69) is 46.4 Å². The molecule has 3 aliphatic heterocycles. The molecule has 5 rings (SSSR count). The van der Waals surface area contributed by atoms with E-state index < -0.39 is 5.82 Å². The summed E-state index contributed by atoms with van der Waals surface area (Å²) in [7, 11) is 2.14. The van der Waals surface area contributed by atoms with Gasteiger partial charge in [-0.15, -0.1) is 0 Å². The number of halogens is 1. The lowest BCUT2D eigenvalue weighted by atomic mass is 9.90. The van der Waals surface area contributed by atoms with Gasteiger partial charge >= 0.3 is 0 Å². The predicted octanol–water partition coefficient (Wildman–Crippen LogP) is 1.95. The minimum absolute atomic E-state index is 0.0137. The average molecular weight is 395 g/mol. The van der Waals surface area contributed by atoms with E-state index in [0.29, 0.717) is 12.1 Å². The molecule has 152 valence electrons. The number of rotatable bonds is 2. The van der Waals surface area contributed by atoms with Gasteiger partial charge in [-0.25, -0.2) is 20.3 Å². The number of carbonyl (C=O) groups is 1. The van der Waals surface area contributed by atoms with E-state index in [1.165, 1.54) is 27.8 Å². The van der Waals surface area contributed by atoms with Crippen LogP contribution in [0.5, 0.6) is 0 Å². The lowest BCUT2D eigenvalue weighted by Crippen LogP contribution is -2.60. The Morgan fingerprint density at radius 1 is 1.14 bits per heavy atom. The first-order valence-corrected chi connectivity index (χ1v) is 10.2. The molecular weight excluding hydrogens is 369 g/mol. The summed E-state index contributed by atoms with van der Waals surface area (Å²) in [5, 5.41) is 1.40. The second-order valence-corrected chi connectivity index (χ2v) is 8.38. The van der Waals surface area contributed by atoms with Crippen molar-refractivity contribution < 1.29 is 9.18 Å². The van der Waals surface area contributed by atoms with Gasteiger partial charge in [-0.05, 0) is 48.7 Å². The number of amides is 1. The van der Waals surface area contributed by atoms with Crippen molar-refractivity contribution in [2.24, 2.45) is 0 Å². The zero-order valence-corrected chi connectivity index (χ0v) is 16.7. The Hall–Kier alpha value is -2.32. The number of carbonyl (C=O) groups excluding carboxylic acids is 1. The monoisotopic (exact) mass is 395 g/mol. The number of aryl methyl sites for hydroxylation is 1. The third kappa shape index (κ3) is 3.24. The molecule has 0 aliphatic carbocycles. The SMILES string of the molecule is Cc1cccc(F)c1N1NC2C(CC1=O)NNC2c1ccc2c(c1)CN(C)CC2. The minimum Gasteiger partial charge on any atom is -0.302 e. The highest BCUT2D eigenvalue weighted by atomic mass is 19.1. The Labute approximate surface area is 170 Å². The molecule has 0 spiro atoms. The van der Waals surface area contributed by atoms with Crippen LogP contribution >= 0.6 is 0 Å². The molecule has 2 fully saturated rings. The number of fused-ring (bicyclic) bond motifs is 2. The number of benzene rings is 2. The maximum Gasteiger partial charge on any atom is 0.243 e. The predicted molar refractivity (Wildman–Crippen MR) is 109 cm³/mol. The van der Waals surface area contributed by atoms with Gasteiger partial charge in [0.1, 0.15) is 5.82 Å². The van der Waals surface area contributed by atoms with E-state index in [1.54, 1.807) is 6.07 Å². The normalized spacial score (nSPS) is 27.1. The number of nitrogens with one attached hydrogen (secondary N) is 3. The Balaban J connectivity index is 1.45. The van der Waals surface area contributed by atoms with Gasteiger partial charge in [0.25, 0.3) is 0 Å². The molecule has 6 nitrogen and oxygen atoms in total. The largest absolute Gasteiger partial charge is 0.302 e. The summed E-state index contributed by atoms with van der Waals surface area (Å²) >= 11 is 0. The molecule has 3 heterocycles. The maximum absolute atomic E-state index is 14.5. The van der Waals surface area contributed by atoms with Gasteiger partial charge in [-0.1, -0.05) is 30.3 Å². The summed E-state index contributed by atoms with van der Waals surface area (Å²) in [5.74, 6) is -0.530. The summed E-state index contributed by atoms with van der Waals surface area (Å²) in [6, 6.07) is 11.4. The van der Waals surface area contributed by atoms with Crippen LogP contribution in [0, 0.1) is 12.7 Å². The average Bonchev–Trinajstić information content (AvgIpc) is 3.10. The van der Waals surface area contributed by atoms with E-state index in [1.807, 2.05) is 13.0 Å². The van der Waals surface area contributed by atoms with Crippen LogP contribution in [0.2, 0.25) is 0 Å². The van der Waals surface area contributed by atoms with Gasteiger partial charge in [0.15, 0.2) is 0 Å². The van der Waals surface area contributed by atoms with Gasteiger partial charge < -0.3 is 4.90 Å². The number of anilines is 1. The highest BCUT2D eigenvalue weighted by molar-refractivity contribution is 5.94. The number of hydrogen-bond acceptors (Lipinski definition) is 5. The van der Waals surface area contributed by atoms with Gasteiger partial charge in [0.05, 0.1) is 17.8 Å². The smallest absolute Gasteiger partial charge is 0.243 e. The van der Waals surface area contributed by atoms with Crippen LogP contribution in [-0.4, -0.2) is 36.5 Å². The molecule has 7 heteroatoms. The second-order valence-electron chi connectivity index (χ2n) is 8.38. The molecular formula is C22H26FN5O. The van der Waals surface area contributed by atoms with Gasteiger partial charge in [0.2, 0.25) is 5.91 Å². The molecule has 3 unspecified atom stereocenters. The molecule has 3 N–H and O–H groups in total. The Morgan fingerprint density at radius 2 is 2.00 bits per heavy atom. The number of para-hydroxylation sites is 1. The fourth-order valence-corrected chi connectivity index (χ4v) is 4.75. The third-order valence-electron chi connectivity index (χ3n) is 6.34. The molecule has 0 bridgehead atoms. The van der Waals surface area contributed by atoms with Crippen molar-refractivity contribution in [3.05, 3.63) is 64.5 Å². The molecule has 1 amide bonds. The van der Waals surface area contributed by atoms with E-state index >= 15 is 0 Å². The second kappa shape index (κ2) is 7.18. The highest BCUT2D eigenvalue weighted by Gasteiger charge is 2.44. The number of likely N-dealkylation sites (N-methyl/N-ethyl adjacent to an activating group) is 1. The Kier molecular flexibility index (Phi) is 4.63. The molecule has 0 saturated carbocycles. The van der Waals surface area contributed by atoms with Crippen molar-refractivity contribution in [3.8, 4) is 0 Å². The van der Waals surface area contributed by atoms with E-state index in [0.717, 1.165) is 25.1 Å². The first-order chi connectivity index (χ1) is 14.0. The molecule has 2 saturated heterocycles. The van der Waals surface area contributed by atoms with Crippen LogP contribution in [0.4, 0.5) is 10.1 Å². The lowest BCUT2D eigenvalue weighted by molar-refractivity contribution is -0.121. The summed E-state index contributed by atoms with van der Waals surface area (Å²) in [4.78, 5) is 15.1. The Morgan fingerprint density at radius 3 is 2.83 bits per heavy atom. The zero-order valence-electron chi connectivity index (χ0n) is 16.7. The van der Waals surface area contributed by atoms with Crippen molar-refractivity contribution in [1.29, 1.82) is 0 Å². The molecule has 3 atom stereocenters. The summed E-state index contributed by atoms with van der Waals surface area (Å²) < 4.78 is 14.5. The topological polar surface area (TPSA) is 59.6 Å². The standard InChI is InChI=1S/C22H26FN5O/c1-13-4-3-5-17(23)22(13)28-19(29)11-18-21(26-28)20(25-24-18)15-7-6-14-8-9-27(2)12-16(14)10-15/h3-7,10,18,20-21,24-26H,8-9,11-12H2,1-2H3. The quantitative estimate of drug-likeness (QED) is 0.726. The van der Waals surface area contributed by atoms with Gasteiger partial charge in [-0.2, -0.15) is 0 Å². The van der Waals surface area contributed by atoms with Gasteiger partial charge in [0, 0.05) is 25.6 Å². The van der Waals surface area contributed by atoms with Crippen molar-refractivity contribution in [2.75, 3.05) is 18.6 Å². The summed E-state index contributed by atoms with van der Waals surface area (Å²) in [6.07, 6.45) is 1.38.